The summed E-state index contributed by atoms with van der Waals surface area (Å²) in [4.78, 5) is 0. The lowest BCUT2D eigenvalue weighted by atomic mass is 9.80. The third-order valence-corrected chi connectivity index (χ3v) is 4.43. The van der Waals surface area contributed by atoms with E-state index in [0.717, 1.165) is 18.4 Å². The maximum atomic E-state index is 6.00. The Morgan fingerprint density at radius 2 is 1.94 bits per heavy atom. The second-order valence-corrected chi connectivity index (χ2v) is 5.95. The summed E-state index contributed by atoms with van der Waals surface area (Å²) in [5, 5.41) is 3.28. The highest BCUT2D eigenvalue weighted by molar-refractivity contribution is 4.75. The first kappa shape index (κ1) is 15.0. The standard InChI is InChI=1S/C15H31NO/c1-12-8-9-15(11-13(12)2)17-10-6-5-7-14(3)16-4/h12-16H,5-11H2,1-4H3. The lowest BCUT2D eigenvalue weighted by Gasteiger charge is -2.32. The molecule has 0 aliphatic heterocycles. The van der Waals surface area contributed by atoms with Crippen LogP contribution in [0.15, 0.2) is 0 Å². The topological polar surface area (TPSA) is 21.3 Å². The van der Waals surface area contributed by atoms with Gasteiger partial charge < -0.3 is 10.1 Å². The van der Waals surface area contributed by atoms with E-state index >= 15 is 0 Å². The number of unbranched alkanes of at least 4 members (excludes halogenated alkanes) is 1. The average Bonchev–Trinajstić information content (AvgIpc) is 2.33. The van der Waals surface area contributed by atoms with Crippen LogP contribution >= 0.6 is 0 Å². The number of ether oxygens (including phenoxy) is 1. The van der Waals surface area contributed by atoms with Crippen molar-refractivity contribution in [3.8, 4) is 0 Å². The molecule has 0 amide bonds. The lowest BCUT2D eigenvalue weighted by Crippen LogP contribution is -2.27. The number of hydrogen-bond acceptors (Lipinski definition) is 2. The van der Waals surface area contributed by atoms with Crippen LogP contribution < -0.4 is 5.32 Å². The fourth-order valence-corrected chi connectivity index (χ4v) is 2.60. The summed E-state index contributed by atoms with van der Waals surface area (Å²) in [6.45, 7) is 7.95. The van der Waals surface area contributed by atoms with Crippen LogP contribution in [0.3, 0.4) is 0 Å². The highest BCUT2D eigenvalue weighted by Gasteiger charge is 2.24. The van der Waals surface area contributed by atoms with Crippen molar-refractivity contribution in [3.05, 3.63) is 0 Å². The summed E-state index contributed by atoms with van der Waals surface area (Å²) in [6, 6.07) is 0.644. The Bertz CT molecular complexity index is 195. The molecule has 1 fully saturated rings. The number of rotatable bonds is 7. The molecule has 0 aromatic rings. The Kier molecular flexibility index (Phi) is 7.14. The SMILES string of the molecule is CNC(C)CCCCOC1CCC(C)C(C)C1. The first-order valence-corrected chi connectivity index (χ1v) is 7.42. The molecule has 0 saturated heterocycles. The molecule has 0 heterocycles. The van der Waals surface area contributed by atoms with Gasteiger partial charge in [-0.2, -0.15) is 0 Å². The van der Waals surface area contributed by atoms with Crippen LogP contribution in [0.1, 0.15) is 59.3 Å². The maximum Gasteiger partial charge on any atom is 0.0577 e. The highest BCUT2D eigenvalue weighted by atomic mass is 16.5. The lowest BCUT2D eigenvalue weighted by molar-refractivity contribution is 0.000910. The van der Waals surface area contributed by atoms with Gasteiger partial charge in [-0.3, -0.25) is 0 Å². The van der Waals surface area contributed by atoms with Gasteiger partial charge in [-0.25, -0.2) is 0 Å². The van der Waals surface area contributed by atoms with E-state index in [1.165, 1.54) is 38.5 Å². The van der Waals surface area contributed by atoms with Gasteiger partial charge in [-0.05, 0) is 64.3 Å². The maximum absolute atomic E-state index is 6.00. The van der Waals surface area contributed by atoms with Gasteiger partial charge in [-0.15, -0.1) is 0 Å². The minimum absolute atomic E-state index is 0.544. The Morgan fingerprint density at radius 3 is 2.59 bits per heavy atom. The van der Waals surface area contributed by atoms with Gasteiger partial charge >= 0.3 is 0 Å². The van der Waals surface area contributed by atoms with Crippen LogP contribution in [0.2, 0.25) is 0 Å². The second kappa shape index (κ2) is 8.10. The van der Waals surface area contributed by atoms with Crippen LogP contribution in [0.25, 0.3) is 0 Å². The van der Waals surface area contributed by atoms with E-state index in [1.54, 1.807) is 0 Å². The summed E-state index contributed by atoms with van der Waals surface area (Å²) < 4.78 is 6.00. The van der Waals surface area contributed by atoms with Crippen molar-refractivity contribution in [2.45, 2.75) is 71.4 Å². The Balaban J connectivity index is 2.00. The highest BCUT2D eigenvalue weighted by Crippen LogP contribution is 2.30. The molecule has 1 N–H and O–H groups in total. The van der Waals surface area contributed by atoms with E-state index in [4.69, 9.17) is 4.74 Å². The van der Waals surface area contributed by atoms with Crippen molar-refractivity contribution in [2.75, 3.05) is 13.7 Å². The molecule has 2 heteroatoms. The quantitative estimate of drug-likeness (QED) is 0.688. The summed E-state index contributed by atoms with van der Waals surface area (Å²) >= 11 is 0. The van der Waals surface area contributed by atoms with Crippen LogP contribution in [-0.4, -0.2) is 25.8 Å². The van der Waals surface area contributed by atoms with Crippen molar-refractivity contribution < 1.29 is 4.74 Å². The predicted molar refractivity (Wildman–Crippen MR) is 74.3 cm³/mol. The van der Waals surface area contributed by atoms with Gasteiger partial charge in [-0.1, -0.05) is 13.8 Å². The van der Waals surface area contributed by atoms with Crippen molar-refractivity contribution in [3.63, 3.8) is 0 Å². The molecule has 0 aromatic carbocycles. The Hall–Kier alpha value is -0.0800. The van der Waals surface area contributed by atoms with Gasteiger partial charge in [0.15, 0.2) is 0 Å². The van der Waals surface area contributed by atoms with Crippen molar-refractivity contribution >= 4 is 0 Å². The summed E-state index contributed by atoms with van der Waals surface area (Å²) in [5.74, 6) is 1.74. The third kappa shape index (κ3) is 5.87. The minimum atomic E-state index is 0.544. The predicted octanol–water partition coefficient (Wildman–Crippen LogP) is 3.61. The van der Waals surface area contributed by atoms with Gasteiger partial charge in [0.25, 0.3) is 0 Å². The smallest absolute Gasteiger partial charge is 0.0577 e. The average molecular weight is 241 g/mol. The second-order valence-electron chi connectivity index (χ2n) is 5.95. The molecular formula is C15H31NO. The molecule has 1 rings (SSSR count). The van der Waals surface area contributed by atoms with Gasteiger partial charge in [0.1, 0.15) is 0 Å². The zero-order chi connectivity index (χ0) is 12.7. The zero-order valence-electron chi connectivity index (χ0n) is 12.2. The van der Waals surface area contributed by atoms with E-state index in [9.17, 15) is 0 Å². The van der Waals surface area contributed by atoms with E-state index in [2.05, 4.69) is 26.1 Å². The first-order valence-electron chi connectivity index (χ1n) is 7.42. The number of hydrogen-bond donors (Lipinski definition) is 1. The van der Waals surface area contributed by atoms with Crippen LogP contribution in [0.4, 0.5) is 0 Å². The van der Waals surface area contributed by atoms with E-state index in [1.807, 2.05) is 7.05 Å². The normalized spacial score (nSPS) is 31.4. The molecule has 0 bridgehead atoms. The van der Waals surface area contributed by atoms with Gasteiger partial charge in [0, 0.05) is 12.6 Å². The molecule has 1 aliphatic carbocycles. The summed E-state index contributed by atoms with van der Waals surface area (Å²) in [7, 11) is 2.03. The molecule has 17 heavy (non-hydrogen) atoms. The molecule has 4 atom stereocenters. The molecule has 1 aliphatic rings. The molecular weight excluding hydrogens is 210 g/mol. The zero-order valence-corrected chi connectivity index (χ0v) is 12.2. The molecule has 0 radical (unpaired) electrons. The largest absolute Gasteiger partial charge is 0.378 e. The molecule has 1 saturated carbocycles. The fraction of sp³-hybridized carbons (Fsp3) is 1.00. The summed E-state index contributed by atoms with van der Waals surface area (Å²) in [6.07, 6.45) is 8.20. The Morgan fingerprint density at radius 1 is 1.18 bits per heavy atom. The molecule has 4 unspecified atom stereocenters. The molecule has 0 spiro atoms. The van der Waals surface area contributed by atoms with E-state index in [0.29, 0.717) is 12.1 Å². The Labute approximate surface area is 108 Å². The third-order valence-electron chi connectivity index (χ3n) is 4.43. The van der Waals surface area contributed by atoms with E-state index in [-0.39, 0.29) is 0 Å². The van der Waals surface area contributed by atoms with Crippen molar-refractivity contribution in [1.82, 2.24) is 5.32 Å². The number of nitrogens with one attached hydrogen (secondary N) is 1. The van der Waals surface area contributed by atoms with Gasteiger partial charge in [0.2, 0.25) is 0 Å². The fourth-order valence-electron chi connectivity index (χ4n) is 2.60. The van der Waals surface area contributed by atoms with Crippen LogP contribution in [0.5, 0.6) is 0 Å². The van der Waals surface area contributed by atoms with Gasteiger partial charge in [0.05, 0.1) is 6.10 Å². The molecule has 2 nitrogen and oxygen atoms in total. The van der Waals surface area contributed by atoms with E-state index < -0.39 is 0 Å². The van der Waals surface area contributed by atoms with Crippen LogP contribution in [-0.2, 0) is 4.74 Å². The minimum Gasteiger partial charge on any atom is -0.378 e. The first-order chi connectivity index (χ1) is 8.13. The summed E-state index contributed by atoms with van der Waals surface area (Å²) in [5.41, 5.74) is 0. The molecule has 0 aromatic heterocycles. The van der Waals surface area contributed by atoms with Crippen molar-refractivity contribution in [2.24, 2.45) is 11.8 Å². The molecule has 102 valence electrons. The van der Waals surface area contributed by atoms with Crippen LogP contribution in [0, 0.1) is 11.8 Å². The monoisotopic (exact) mass is 241 g/mol. The van der Waals surface area contributed by atoms with Crippen molar-refractivity contribution in [1.29, 1.82) is 0 Å².